The number of hydrogen-bond donors (Lipinski definition) is 1. The lowest BCUT2D eigenvalue weighted by molar-refractivity contribution is -0.127. The summed E-state index contributed by atoms with van der Waals surface area (Å²) in [6.07, 6.45) is 4.65. The second-order valence-electron chi connectivity index (χ2n) is 9.71. The number of para-hydroxylation sites is 1. The minimum Gasteiger partial charge on any atom is -0.351 e. The van der Waals surface area contributed by atoms with E-state index in [1.54, 1.807) is 36.4 Å². The van der Waals surface area contributed by atoms with Crippen molar-refractivity contribution >= 4 is 33.4 Å². The van der Waals surface area contributed by atoms with Gasteiger partial charge in [0, 0.05) is 11.7 Å². The molecule has 0 spiro atoms. The second kappa shape index (κ2) is 11.0. The van der Waals surface area contributed by atoms with E-state index in [0.29, 0.717) is 15.6 Å². The third kappa shape index (κ3) is 5.29. The molecule has 0 saturated heterocycles. The van der Waals surface area contributed by atoms with Gasteiger partial charge in [-0.3, -0.25) is 19.3 Å². The summed E-state index contributed by atoms with van der Waals surface area (Å²) in [5.74, 6) is -2.56. The Morgan fingerprint density at radius 2 is 1.56 bits per heavy atom. The van der Waals surface area contributed by atoms with Gasteiger partial charge in [-0.25, -0.2) is 17.1 Å². The number of nitrogens with one attached hydrogen (secondary N) is 1. The second-order valence-corrected chi connectivity index (χ2v) is 11.5. The molecule has 0 unspecified atom stereocenters. The van der Waals surface area contributed by atoms with Gasteiger partial charge in [0.2, 0.25) is 11.8 Å². The molecule has 1 saturated carbocycles. The average Bonchev–Trinajstić information content (AvgIpc) is 3.13. The molecule has 3 amide bonds. The topological polar surface area (TPSA) is 104 Å². The van der Waals surface area contributed by atoms with E-state index in [9.17, 15) is 27.2 Å². The molecule has 2 aliphatic rings. The van der Waals surface area contributed by atoms with E-state index in [2.05, 4.69) is 5.32 Å². The molecule has 1 N–H and O–H groups in total. The first-order valence-corrected chi connectivity index (χ1v) is 14.3. The summed E-state index contributed by atoms with van der Waals surface area (Å²) < 4.78 is 40.7. The van der Waals surface area contributed by atoms with Crippen molar-refractivity contribution in [3.05, 3.63) is 95.8 Å². The molecule has 39 heavy (non-hydrogen) atoms. The van der Waals surface area contributed by atoms with E-state index in [4.69, 9.17) is 0 Å². The van der Waals surface area contributed by atoms with E-state index >= 15 is 0 Å². The number of anilines is 1. The fourth-order valence-corrected chi connectivity index (χ4v) is 6.72. The number of hydrogen-bond acceptors (Lipinski definition) is 5. The first-order valence-electron chi connectivity index (χ1n) is 12.9. The summed E-state index contributed by atoms with van der Waals surface area (Å²) in [4.78, 5) is 41.9. The van der Waals surface area contributed by atoms with Crippen LogP contribution in [-0.4, -0.2) is 43.0 Å². The maximum absolute atomic E-state index is 14.0. The molecule has 202 valence electrons. The van der Waals surface area contributed by atoms with Gasteiger partial charge in [-0.1, -0.05) is 61.7 Å². The fourth-order valence-electron chi connectivity index (χ4n) is 5.20. The predicted molar refractivity (Wildman–Crippen MR) is 143 cm³/mol. The lowest BCUT2D eigenvalue weighted by Crippen LogP contribution is -2.50. The number of benzene rings is 3. The lowest BCUT2D eigenvalue weighted by atomic mass is 9.94. The Kier molecular flexibility index (Phi) is 7.47. The van der Waals surface area contributed by atoms with Crippen LogP contribution in [-0.2, 0) is 19.6 Å². The highest BCUT2D eigenvalue weighted by Gasteiger charge is 2.44. The highest BCUT2D eigenvalue weighted by molar-refractivity contribution is 7.90. The number of carbonyl (C=O) groups is 3. The Morgan fingerprint density at radius 1 is 0.923 bits per heavy atom. The Labute approximate surface area is 226 Å². The fraction of sp³-hybridized carbons (Fsp3) is 0.276. The van der Waals surface area contributed by atoms with Crippen LogP contribution in [0.15, 0.2) is 83.8 Å². The first kappa shape index (κ1) is 26.6. The maximum Gasteiger partial charge on any atom is 0.269 e. The van der Waals surface area contributed by atoms with Crippen molar-refractivity contribution in [2.75, 3.05) is 11.4 Å². The molecule has 3 aromatic carbocycles. The molecule has 1 aliphatic heterocycles. The molecule has 5 rings (SSSR count). The normalized spacial score (nSPS) is 17.4. The Bertz CT molecular complexity index is 1490. The maximum atomic E-state index is 14.0. The number of rotatable bonds is 7. The first-order chi connectivity index (χ1) is 18.8. The van der Waals surface area contributed by atoms with Crippen molar-refractivity contribution in [3.8, 4) is 0 Å². The number of fused-ring (bicyclic) bond motifs is 1. The monoisotopic (exact) mass is 549 g/mol. The third-order valence-corrected chi connectivity index (χ3v) is 8.92. The van der Waals surface area contributed by atoms with E-state index < -0.39 is 46.1 Å². The van der Waals surface area contributed by atoms with Crippen molar-refractivity contribution in [1.82, 2.24) is 9.62 Å². The largest absolute Gasteiger partial charge is 0.351 e. The third-order valence-electron chi connectivity index (χ3n) is 7.14. The van der Waals surface area contributed by atoms with Gasteiger partial charge in [0.05, 0.1) is 5.56 Å². The van der Waals surface area contributed by atoms with Crippen LogP contribution in [0.25, 0.3) is 0 Å². The molecule has 8 nitrogen and oxygen atoms in total. The number of amides is 3. The van der Waals surface area contributed by atoms with Gasteiger partial charge in [0.25, 0.3) is 15.9 Å². The van der Waals surface area contributed by atoms with Gasteiger partial charge in [-0.2, -0.15) is 0 Å². The van der Waals surface area contributed by atoms with Crippen molar-refractivity contribution in [2.45, 2.75) is 49.1 Å². The van der Waals surface area contributed by atoms with E-state index in [0.717, 1.165) is 32.1 Å². The highest BCUT2D eigenvalue weighted by atomic mass is 32.2. The van der Waals surface area contributed by atoms with Crippen molar-refractivity contribution in [1.29, 1.82) is 0 Å². The molecule has 1 atom stereocenters. The summed E-state index contributed by atoms with van der Waals surface area (Å²) in [6, 6.07) is 18.1. The summed E-state index contributed by atoms with van der Waals surface area (Å²) in [7, 11) is -4.26. The molecule has 0 aromatic heterocycles. The summed E-state index contributed by atoms with van der Waals surface area (Å²) in [6.45, 7) is -0.806. The zero-order valence-electron chi connectivity index (χ0n) is 21.1. The van der Waals surface area contributed by atoms with Gasteiger partial charge in [0.1, 0.15) is 23.3 Å². The molecule has 3 aromatic rings. The minimum absolute atomic E-state index is 0.0123. The molecular formula is C29H28FN3O5S. The van der Waals surface area contributed by atoms with Crippen molar-refractivity contribution in [2.24, 2.45) is 0 Å². The van der Waals surface area contributed by atoms with Crippen LogP contribution in [0.4, 0.5) is 10.1 Å². The molecule has 1 fully saturated rings. The van der Waals surface area contributed by atoms with E-state index in [-0.39, 0.29) is 16.5 Å². The summed E-state index contributed by atoms with van der Waals surface area (Å²) in [5, 5.41) is 3.04. The molecule has 0 bridgehead atoms. The van der Waals surface area contributed by atoms with Crippen LogP contribution in [0.1, 0.15) is 54.1 Å². The highest BCUT2D eigenvalue weighted by Crippen LogP contribution is 2.33. The lowest BCUT2D eigenvalue weighted by Gasteiger charge is -2.34. The van der Waals surface area contributed by atoms with Crippen molar-refractivity contribution < 1.29 is 27.2 Å². The number of nitrogens with zero attached hydrogens (tertiary/aromatic N) is 2. The van der Waals surface area contributed by atoms with Crippen LogP contribution in [0.3, 0.4) is 0 Å². The number of sulfonamides is 1. The van der Waals surface area contributed by atoms with Gasteiger partial charge >= 0.3 is 0 Å². The molecule has 10 heteroatoms. The van der Waals surface area contributed by atoms with Gasteiger partial charge in [0.15, 0.2) is 0 Å². The SMILES string of the molecule is O=C(NC1CCCCC1)[C@H](c1ccc(F)cc1)N(C(=O)CN1C(=O)c2ccccc2S1(=O)=O)c1ccccc1. The molecule has 1 aliphatic carbocycles. The molecule has 1 heterocycles. The Balaban J connectivity index is 1.54. The minimum atomic E-state index is -4.26. The smallest absolute Gasteiger partial charge is 0.269 e. The van der Waals surface area contributed by atoms with E-state index in [1.165, 1.54) is 47.4 Å². The van der Waals surface area contributed by atoms with Crippen LogP contribution < -0.4 is 10.2 Å². The zero-order valence-corrected chi connectivity index (χ0v) is 21.9. The van der Waals surface area contributed by atoms with Crippen molar-refractivity contribution in [3.63, 3.8) is 0 Å². The van der Waals surface area contributed by atoms with Crippen LogP contribution in [0.5, 0.6) is 0 Å². The zero-order chi connectivity index (χ0) is 27.6. The quantitative estimate of drug-likeness (QED) is 0.476. The average molecular weight is 550 g/mol. The standard InChI is InChI=1S/C29H28FN3O5S/c30-21-17-15-20(16-18-21)27(28(35)31-22-9-3-1-4-10-22)33(23-11-5-2-6-12-23)26(34)19-32-29(36)24-13-7-8-14-25(24)39(32,37)38/h2,5-8,11-18,22,27H,1,3-4,9-10,19H2,(H,31,35)/t27-/m0/s1. The van der Waals surface area contributed by atoms with Crippen LogP contribution in [0.2, 0.25) is 0 Å². The van der Waals surface area contributed by atoms with Gasteiger partial charge in [-0.15, -0.1) is 0 Å². The van der Waals surface area contributed by atoms with Crippen LogP contribution >= 0.6 is 0 Å². The summed E-state index contributed by atoms with van der Waals surface area (Å²) in [5.41, 5.74) is 0.666. The van der Waals surface area contributed by atoms with Gasteiger partial charge < -0.3 is 5.32 Å². The molecular weight excluding hydrogens is 521 g/mol. The Hall–Kier alpha value is -4.05. The number of halogens is 1. The Morgan fingerprint density at radius 3 is 2.23 bits per heavy atom. The molecule has 0 radical (unpaired) electrons. The van der Waals surface area contributed by atoms with E-state index in [1.807, 2.05) is 0 Å². The van der Waals surface area contributed by atoms with Crippen LogP contribution in [0, 0.1) is 5.82 Å². The predicted octanol–water partition coefficient (Wildman–Crippen LogP) is 4.19. The van der Waals surface area contributed by atoms with Gasteiger partial charge in [-0.05, 0) is 54.8 Å². The number of carbonyl (C=O) groups excluding carboxylic acids is 3. The summed E-state index contributed by atoms with van der Waals surface area (Å²) >= 11 is 0.